The Morgan fingerprint density at radius 3 is 2.50 bits per heavy atom. The van der Waals surface area contributed by atoms with Gasteiger partial charge in [0, 0.05) is 7.11 Å². The van der Waals surface area contributed by atoms with Crippen LogP contribution in [0.25, 0.3) is 0 Å². The van der Waals surface area contributed by atoms with Crippen molar-refractivity contribution < 1.29 is 9.53 Å². The molecule has 3 nitrogen and oxygen atoms in total. The molecule has 0 aliphatic carbocycles. The molecule has 0 aliphatic heterocycles. The fourth-order valence-electron chi connectivity index (χ4n) is 0.198. The number of methoxy groups -OCH3 is 1. The highest BCUT2D eigenvalue weighted by Gasteiger charge is 2.07. The van der Waals surface area contributed by atoms with Gasteiger partial charge in [-0.25, -0.2) is 0 Å². The Kier molecular flexibility index (Phi) is 3.64. The Balaban J connectivity index is 3.46. The lowest BCUT2D eigenvalue weighted by molar-refractivity contribution is -0.127. The second-order valence-electron chi connectivity index (χ2n) is 1.35. The summed E-state index contributed by atoms with van der Waals surface area (Å²) in [6.07, 6.45) is -0.410. The molecule has 1 N–H and O–H groups in total. The van der Waals surface area contributed by atoms with Crippen LogP contribution in [0.2, 0.25) is 0 Å². The zero-order valence-corrected chi connectivity index (χ0v) is 5.74. The first kappa shape index (κ1) is 7.78. The summed E-state index contributed by atoms with van der Waals surface area (Å²) in [5.74, 6) is -0.226. The number of hydrogen-bond donors (Lipinski definition) is 2. The van der Waals surface area contributed by atoms with Crippen molar-refractivity contribution in [2.45, 2.75) is 13.0 Å². The van der Waals surface area contributed by atoms with E-state index in [1.165, 1.54) is 7.11 Å². The SMILES string of the molecule is CO[C@H](C)C(=O)NS. The van der Waals surface area contributed by atoms with Crippen LogP contribution in [0, 0.1) is 0 Å². The highest BCUT2D eigenvalue weighted by atomic mass is 32.1. The summed E-state index contributed by atoms with van der Waals surface area (Å²) in [7, 11) is 1.47. The molecule has 4 heteroatoms. The Morgan fingerprint density at radius 2 is 2.38 bits per heavy atom. The summed E-state index contributed by atoms with van der Waals surface area (Å²) in [4.78, 5) is 10.4. The molecule has 48 valence electrons. The number of rotatable bonds is 2. The van der Waals surface area contributed by atoms with Crippen molar-refractivity contribution in [1.29, 1.82) is 0 Å². The van der Waals surface area contributed by atoms with E-state index >= 15 is 0 Å². The van der Waals surface area contributed by atoms with E-state index in [1.807, 2.05) is 0 Å². The molecule has 0 aromatic heterocycles. The van der Waals surface area contributed by atoms with E-state index in [2.05, 4.69) is 22.3 Å². The van der Waals surface area contributed by atoms with Crippen molar-refractivity contribution in [2.75, 3.05) is 7.11 Å². The zero-order valence-electron chi connectivity index (χ0n) is 4.84. The molecule has 0 aromatic carbocycles. The normalized spacial score (nSPS) is 12.9. The van der Waals surface area contributed by atoms with Gasteiger partial charge in [0.05, 0.1) is 0 Å². The van der Waals surface area contributed by atoms with Crippen LogP contribution in [0.1, 0.15) is 6.92 Å². The van der Waals surface area contributed by atoms with Crippen molar-refractivity contribution in [1.82, 2.24) is 4.72 Å². The highest BCUT2D eigenvalue weighted by Crippen LogP contribution is 1.85. The van der Waals surface area contributed by atoms with E-state index in [0.717, 1.165) is 0 Å². The third-order valence-electron chi connectivity index (χ3n) is 0.833. The maximum atomic E-state index is 10.4. The molecule has 8 heavy (non-hydrogen) atoms. The summed E-state index contributed by atoms with van der Waals surface area (Å²) in [5, 5.41) is 0. The molecule has 0 radical (unpaired) electrons. The van der Waals surface area contributed by atoms with E-state index < -0.39 is 6.10 Å². The predicted molar refractivity (Wildman–Crippen MR) is 33.6 cm³/mol. The molecule has 0 rings (SSSR count). The van der Waals surface area contributed by atoms with Crippen LogP contribution < -0.4 is 4.72 Å². The molecule has 1 atom stereocenters. The van der Waals surface area contributed by atoms with Crippen LogP contribution in [-0.2, 0) is 9.53 Å². The lowest BCUT2D eigenvalue weighted by Gasteiger charge is -2.04. The molecule has 1 amide bonds. The van der Waals surface area contributed by atoms with Crippen molar-refractivity contribution in [2.24, 2.45) is 0 Å². The van der Waals surface area contributed by atoms with Gasteiger partial charge in [-0.3, -0.25) is 4.79 Å². The molecular formula is C4H9NO2S. The van der Waals surface area contributed by atoms with Gasteiger partial charge in [-0.1, -0.05) is 12.8 Å². The van der Waals surface area contributed by atoms with Gasteiger partial charge in [0.15, 0.2) is 0 Å². The van der Waals surface area contributed by atoms with Gasteiger partial charge in [0.1, 0.15) is 6.10 Å². The maximum Gasteiger partial charge on any atom is 0.258 e. The van der Waals surface area contributed by atoms with Gasteiger partial charge in [0.25, 0.3) is 5.91 Å². The number of hydrogen-bond acceptors (Lipinski definition) is 3. The summed E-state index contributed by atoms with van der Waals surface area (Å²) in [6, 6.07) is 0. The number of carbonyl (C=O) groups excluding carboxylic acids is 1. The van der Waals surface area contributed by atoms with E-state index in [0.29, 0.717) is 0 Å². The molecule has 0 bridgehead atoms. The molecule has 0 aromatic rings. The third kappa shape index (κ3) is 2.18. The van der Waals surface area contributed by atoms with Crippen molar-refractivity contribution in [3.05, 3.63) is 0 Å². The fraction of sp³-hybridized carbons (Fsp3) is 0.750. The Morgan fingerprint density at radius 1 is 1.88 bits per heavy atom. The largest absolute Gasteiger partial charge is 0.372 e. The number of thiol groups is 1. The maximum absolute atomic E-state index is 10.4. The zero-order chi connectivity index (χ0) is 6.57. The first-order valence-electron chi connectivity index (χ1n) is 2.19. The van der Waals surface area contributed by atoms with Crippen molar-refractivity contribution in [3.8, 4) is 0 Å². The van der Waals surface area contributed by atoms with Crippen LogP contribution in [0.4, 0.5) is 0 Å². The first-order valence-corrected chi connectivity index (χ1v) is 2.63. The topological polar surface area (TPSA) is 38.3 Å². The van der Waals surface area contributed by atoms with E-state index in [4.69, 9.17) is 0 Å². The summed E-state index contributed by atoms with van der Waals surface area (Å²) < 4.78 is 6.79. The summed E-state index contributed by atoms with van der Waals surface area (Å²) in [6.45, 7) is 1.64. The third-order valence-corrected chi connectivity index (χ3v) is 1.05. The van der Waals surface area contributed by atoms with Gasteiger partial charge < -0.3 is 9.46 Å². The second kappa shape index (κ2) is 3.74. The smallest absolute Gasteiger partial charge is 0.258 e. The second-order valence-corrected chi connectivity index (χ2v) is 1.58. The molecule has 0 fully saturated rings. The minimum Gasteiger partial charge on any atom is -0.372 e. The monoisotopic (exact) mass is 135 g/mol. The predicted octanol–water partition coefficient (Wildman–Crippen LogP) is -0.0177. The van der Waals surface area contributed by atoms with Crippen LogP contribution >= 0.6 is 12.8 Å². The summed E-state index contributed by atoms with van der Waals surface area (Å²) in [5.41, 5.74) is 0. The molecule has 0 saturated carbocycles. The van der Waals surface area contributed by atoms with Crippen LogP contribution in [0.15, 0.2) is 0 Å². The minimum atomic E-state index is -0.410. The van der Waals surface area contributed by atoms with Crippen LogP contribution in [-0.4, -0.2) is 19.1 Å². The minimum absolute atomic E-state index is 0.226. The van der Waals surface area contributed by atoms with E-state index in [-0.39, 0.29) is 5.91 Å². The number of carbonyl (C=O) groups is 1. The molecule has 0 aliphatic rings. The van der Waals surface area contributed by atoms with Gasteiger partial charge in [-0.15, -0.1) is 0 Å². The Labute approximate surface area is 53.9 Å². The standard InChI is InChI=1S/C4H9NO2S/c1-3(7-2)4(6)5-8/h3,8H,1-2H3,(H,5,6)/t3-/m1/s1. The fourth-order valence-corrected chi connectivity index (χ4v) is 0.380. The van der Waals surface area contributed by atoms with Crippen molar-refractivity contribution >= 4 is 18.7 Å². The Hall–Kier alpha value is -0.220. The summed E-state index contributed by atoms with van der Waals surface area (Å²) >= 11 is 3.53. The molecular weight excluding hydrogens is 126 g/mol. The molecule has 0 unspecified atom stereocenters. The molecule has 0 spiro atoms. The van der Waals surface area contributed by atoms with Gasteiger partial charge >= 0.3 is 0 Å². The molecule has 0 saturated heterocycles. The van der Waals surface area contributed by atoms with Gasteiger partial charge in [-0.05, 0) is 6.92 Å². The van der Waals surface area contributed by atoms with Crippen LogP contribution in [0.3, 0.4) is 0 Å². The van der Waals surface area contributed by atoms with Crippen LogP contribution in [0.5, 0.6) is 0 Å². The number of amides is 1. The highest BCUT2D eigenvalue weighted by molar-refractivity contribution is 7.78. The average molecular weight is 135 g/mol. The first-order chi connectivity index (χ1) is 3.72. The van der Waals surface area contributed by atoms with Gasteiger partial charge in [-0.2, -0.15) is 0 Å². The lowest BCUT2D eigenvalue weighted by Crippen LogP contribution is -2.27. The number of ether oxygens (including phenoxy) is 1. The van der Waals surface area contributed by atoms with Gasteiger partial charge in [0.2, 0.25) is 0 Å². The average Bonchev–Trinajstić information content (AvgIpc) is 1.84. The number of nitrogens with one attached hydrogen (secondary N) is 1. The quantitative estimate of drug-likeness (QED) is 0.522. The van der Waals surface area contributed by atoms with E-state index in [9.17, 15) is 4.79 Å². The Bertz CT molecular complexity index is 86.1. The van der Waals surface area contributed by atoms with E-state index in [1.54, 1.807) is 6.92 Å². The van der Waals surface area contributed by atoms with Crippen molar-refractivity contribution in [3.63, 3.8) is 0 Å². The lowest BCUT2D eigenvalue weighted by atomic mass is 10.4. The molecule has 0 heterocycles.